The smallest absolute Gasteiger partial charge is 0.328 e. The average Bonchev–Trinajstić information content (AvgIpc) is 2.14. The van der Waals surface area contributed by atoms with Crippen LogP contribution in [0.2, 0.25) is 0 Å². The van der Waals surface area contributed by atoms with Crippen molar-refractivity contribution in [3.05, 3.63) is 42.0 Å². The van der Waals surface area contributed by atoms with Crippen LogP contribution in [0.4, 0.5) is 5.69 Å². The molecule has 0 unspecified atom stereocenters. The van der Waals surface area contributed by atoms with Crippen LogP contribution in [0.5, 0.6) is 0 Å². The first kappa shape index (κ1) is 9.98. The molecule has 1 aromatic rings. The van der Waals surface area contributed by atoms with E-state index >= 15 is 0 Å². The number of carboxylic acids is 1. The molecule has 0 radical (unpaired) electrons. The van der Waals surface area contributed by atoms with Gasteiger partial charge in [0.2, 0.25) is 0 Å². The second-order valence-electron chi connectivity index (χ2n) is 2.66. The zero-order chi connectivity index (χ0) is 10.6. The number of hydrogen-bond acceptors (Lipinski definition) is 3. The monoisotopic (exact) mass is 191 g/mol. The predicted octanol–water partition coefficient (Wildman–Crippen LogP) is 1.09. The van der Waals surface area contributed by atoms with Gasteiger partial charge in [-0.1, -0.05) is 12.1 Å². The number of carboxylic acid groups (broad SMARTS) is 1. The number of ketones is 1. The van der Waals surface area contributed by atoms with Crippen molar-refractivity contribution in [2.75, 3.05) is 5.73 Å². The first-order valence-corrected chi connectivity index (χ1v) is 3.90. The molecule has 1 aromatic carbocycles. The van der Waals surface area contributed by atoms with E-state index < -0.39 is 5.97 Å². The molecule has 0 fully saturated rings. The van der Waals surface area contributed by atoms with Crippen LogP contribution in [0.15, 0.2) is 36.4 Å². The van der Waals surface area contributed by atoms with Crippen molar-refractivity contribution in [2.24, 2.45) is 0 Å². The summed E-state index contributed by atoms with van der Waals surface area (Å²) in [4.78, 5) is 21.4. The largest absolute Gasteiger partial charge is 0.478 e. The first-order chi connectivity index (χ1) is 6.59. The van der Waals surface area contributed by atoms with Crippen molar-refractivity contribution in [2.45, 2.75) is 0 Å². The zero-order valence-corrected chi connectivity index (χ0v) is 7.31. The minimum atomic E-state index is -1.15. The van der Waals surface area contributed by atoms with Gasteiger partial charge in [0.05, 0.1) is 0 Å². The number of anilines is 1. The maximum Gasteiger partial charge on any atom is 0.328 e. The highest BCUT2D eigenvalue weighted by Gasteiger charge is 2.01. The van der Waals surface area contributed by atoms with E-state index in [-0.39, 0.29) is 5.78 Å². The predicted molar refractivity (Wildman–Crippen MR) is 52.0 cm³/mol. The number of allylic oxidation sites excluding steroid dienone is 1. The lowest BCUT2D eigenvalue weighted by molar-refractivity contribution is -0.131. The average molecular weight is 191 g/mol. The molecule has 0 aliphatic rings. The minimum Gasteiger partial charge on any atom is -0.478 e. The van der Waals surface area contributed by atoms with E-state index in [2.05, 4.69) is 0 Å². The summed E-state index contributed by atoms with van der Waals surface area (Å²) in [6.07, 6.45) is 1.79. The lowest BCUT2D eigenvalue weighted by Crippen LogP contribution is -1.97. The summed E-state index contributed by atoms with van der Waals surface area (Å²) in [6, 6.07) is 6.36. The molecular weight excluding hydrogens is 182 g/mol. The number of rotatable bonds is 3. The molecule has 0 heterocycles. The van der Waals surface area contributed by atoms with Crippen molar-refractivity contribution in [1.29, 1.82) is 0 Å². The number of benzene rings is 1. The molecule has 0 bridgehead atoms. The Morgan fingerprint density at radius 1 is 1.29 bits per heavy atom. The molecule has 0 saturated heterocycles. The van der Waals surface area contributed by atoms with E-state index in [9.17, 15) is 9.59 Å². The van der Waals surface area contributed by atoms with Gasteiger partial charge in [0.15, 0.2) is 5.78 Å². The standard InChI is InChI=1S/C10H9NO3/c11-8-3-1-2-7(6-8)9(12)4-5-10(13)14/h1-6H,11H2,(H,13,14). The maximum atomic E-state index is 11.3. The molecule has 0 spiro atoms. The fourth-order valence-corrected chi connectivity index (χ4v) is 0.935. The normalized spacial score (nSPS) is 10.3. The summed E-state index contributed by atoms with van der Waals surface area (Å²) < 4.78 is 0. The van der Waals surface area contributed by atoms with Gasteiger partial charge in [-0.15, -0.1) is 0 Å². The number of nitrogens with two attached hydrogens (primary N) is 1. The van der Waals surface area contributed by atoms with Crippen LogP contribution in [0.25, 0.3) is 0 Å². The summed E-state index contributed by atoms with van der Waals surface area (Å²) in [5.74, 6) is -1.53. The Balaban J connectivity index is 2.85. The summed E-state index contributed by atoms with van der Waals surface area (Å²) in [5, 5.41) is 8.30. The summed E-state index contributed by atoms with van der Waals surface area (Å²) in [6.45, 7) is 0. The van der Waals surface area contributed by atoms with Gasteiger partial charge in [-0.05, 0) is 18.2 Å². The lowest BCUT2D eigenvalue weighted by atomic mass is 10.1. The van der Waals surface area contributed by atoms with Crippen LogP contribution in [0.3, 0.4) is 0 Å². The minimum absolute atomic E-state index is 0.375. The van der Waals surface area contributed by atoms with Crippen molar-refractivity contribution in [3.63, 3.8) is 0 Å². The molecule has 0 aliphatic carbocycles. The Bertz CT molecular complexity index is 396. The zero-order valence-electron chi connectivity index (χ0n) is 7.31. The third kappa shape index (κ3) is 2.75. The van der Waals surface area contributed by atoms with Gasteiger partial charge in [-0.25, -0.2) is 4.79 Å². The second-order valence-corrected chi connectivity index (χ2v) is 2.66. The highest BCUT2D eigenvalue weighted by molar-refractivity contribution is 6.07. The van der Waals surface area contributed by atoms with Crippen LogP contribution in [-0.4, -0.2) is 16.9 Å². The number of carbonyl (C=O) groups excluding carboxylic acids is 1. The fourth-order valence-electron chi connectivity index (χ4n) is 0.935. The van der Waals surface area contributed by atoms with Crippen molar-refractivity contribution < 1.29 is 14.7 Å². The van der Waals surface area contributed by atoms with Crippen LogP contribution in [0, 0.1) is 0 Å². The Kier molecular flexibility index (Phi) is 3.01. The van der Waals surface area contributed by atoms with Crippen LogP contribution >= 0.6 is 0 Å². The second kappa shape index (κ2) is 4.23. The van der Waals surface area contributed by atoms with Gasteiger partial charge in [-0.3, -0.25) is 4.79 Å². The van der Waals surface area contributed by atoms with Gasteiger partial charge < -0.3 is 10.8 Å². The highest BCUT2D eigenvalue weighted by Crippen LogP contribution is 2.07. The lowest BCUT2D eigenvalue weighted by Gasteiger charge is -1.96. The van der Waals surface area contributed by atoms with Gasteiger partial charge >= 0.3 is 5.97 Å². The van der Waals surface area contributed by atoms with E-state index in [4.69, 9.17) is 10.8 Å². The third-order valence-electron chi connectivity index (χ3n) is 1.55. The molecule has 0 saturated carbocycles. The molecule has 0 aliphatic heterocycles. The van der Waals surface area contributed by atoms with E-state index in [0.29, 0.717) is 11.3 Å². The molecule has 72 valence electrons. The molecule has 4 heteroatoms. The SMILES string of the molecule is Nc1cccc(C(=O)C=CC(=O)O)c1. The Labute approximate surface area is 80.7 Å². The molecule has 3 N–H and O–H groups in total. The number of hydrogen-bond donors (Lipinski definition) is 2. The molecule has 4 nitrogen and oxygen atoms in total. The van der Waals surface area contributed by atoms with Crippen molar-refractivity contribution in [1.82, 2.24) is 0 Å². The summed E-state index contributed by atoms with van der Waals surface area (Å²) in [5.41, 5.74) is 6.31. The van der Waals surface area contributed by atoms with Crippen molar-refractivity contribution in [3.8, 4) is 0 Å². The van der Waals surface area contributed by atoms with Gasteiger partial charge in [0, 0.05) is 17.3 Å². The van der Waals surface area contributed by atoms with E-state index in [1.807, 2.05) is 0 Å². The number of aliphatic carboxylic acids is 1. The van der Waals surface area contributed by atoms with Crippen molar-refractivity contribution >= 4 is 17.4 Å². The van der Waals surface area contributed by atoms with E-state index in [1.165, 1.54) is 6.07 Å². The topological polar surface area (TPSA) is 80.4 Å². The van der Waals surface area contributed by atoms with Crippen LogP contribution in [0.1, 0.15) is 10.4 Å². The molecular formula is C10H9NO3. The number of carbonyl (C=O) groups is 2. The van der Waals surface area contributed by atoms with E-state index in [1.54, 1.807) is 18.2 Å². The van der Waals surface area contributed by atoms with Crippen LogP contribution < -0.4 is 5.73 Å². The van der Waals surface area contributed by atoms with Gasteiger partial charge in [0.1, 0.15) is 0 Å². The summed E-state index contributed by atoms with van der Waals surface area (Å²) >= 11 is 0. The molecule has 0 amide bonds. The summed E-state index contributed by atoms with van der Waals surface area (Å²) in [7, 11) is 0. The van der Waals surface area contributed by atoms with E-state index in [0.717, 1.165) is 12.2 Å². The Morgan fingerprint density at radius 2 is 2.00 bits per heavy atom. The maximum absolute atomic E-state index is 11.3. The highest BCUT2D eigenvalue weighted by atomic mass is 16.4. The molecule has 1 rings (SSSR count). The first-order valence-electron chi connectivity index (χ1n) is 3.90. The third-order valence-corrected chi connectivity index (χ3v) is 1.55. The van der Waals surface area contributed by atoms with Crippen LogP contribution in [-0.2, 0) is 4.79 Å². The van der Waals surface area contributed by atoms with Gasteiger partial charge in [-0.2, -0.15) is 0 Å². The number of nitrogen functional groups attached to an aromatic ring is 1. The van der Waals surface area contributed by atoms with Gasteiger partial charge in [0.25, 0.3) is 0 Å². The molecule has 0 aromatic heterocycles. The Hall–Kier alpha value is -2.10. The fraction of sp³-hybridized carbons (Fsp3) is 0. The molecule has 0 atom stereocenters. The molecule has 14 heavy (non-hydrogen) atoms. The quantitative estimate of drug-likeness (QED) is 0.425. The Morgan fingerprint density at radius 3 is 2.57 bits per heavy atom.